The fourth-order valence-corrected chi connectivity index (χ4v) is 2.45. The summed E-state index contributed by atoms with van der Waals surface area (Å²) < 4.78 is 4.77. The normalized spacial score (nSPS) is 10.4. The molecule has 2 aromatic carbocycles. The van der Waals surface area contributed by atoms with E-state index in [0.29, 0.717) is 22.2 Å². The first kappa shape index (κ1) is 15.7. The number of para-hydroxylation sites is 1. The number of amides is 2. The van der Waals surface area contributed by atoms with Gasteiger partial charge in [-0.2, -0.15) is 0 Å². The number of nitrogens with zero attached hydrogens (tertiary/aromatic N) is 1. The molecule has 24 heavy (non-hydrogen) atoms. The van der Waals surface area contributed by atoms with Crippen LogP contribution in [0, 0.1) is 0 Å². The van der Waals surface area contributed by atoms with E-state index in [1.54, 1.807) is 19.1 Å². The molecule has 2 amide bonds. The van der Waals surface area contributed by atoms with Crippen molar-refractivity contribution in [2.45, 2.75) is 6.92 Å². The Kier molecular flexibility index (Phi) is 4.52. The number of imide groups is 1. The number of rotatable bonds is 3. The molecule has 5 nitrogen and oxygen atoms in total. The van der Waals surface area contributed by atoms with Crippen molar-refractivity contribution in [1.29, 1.82) is 0 Å². The lowest BCUT2D eigenvalue weighted by Crippen LogP contribution is -2.31. The van der Waals surface area contributed by atoms with Gasteiger partial charge >= 0.3 is 6.09 Å². The number of aromatic nitrogens is 1. The highest BCUT2D eigenvalue weighted by Crippen LogP contribution is 2.24. The Hall–Kier alpha value is -3.21. The summed E-state index contributed by atoms with van der Waals surface area (Å²) in [5.74, 6) is -0.510. The van der Waals surface area contributed by atoms with Crippen LogP contribution >= 0.6 is 0 Å². The summed E-state index contributed by atoms with van der Waals surface area (Å²) in [4.78, 5) is 28.6. The lowest BCUT2D eigenvalue weighted by Gasteiger charge is -2.10. The van der Waals surface area contributed by atoms with Crippen LogP contribution in [0.3, 0.4) is 0 Å². The van der Waals surface area contributed by atoms with Crippen LogP contribution in [0.5, 0.6) is 0 Å². The fourth-order valence-electron chi connectivity index (χ4n) is 2.45. The minimum Gasteiger partial charge on any atom is -0.450 e. The van der Waals surface area contributed by atoms with E-state index in [-0.39, 0.29) is 6.61 Å². The first-order chi connectivity index (χ1) is 11.7. The molecule has 3 rings (SSSR count). The summed E-state index contributed by atoms with van der Waals surface area (Å²) in [6, 6.07) is 18.6. The van der Waals surface area contributed by atoms with Crippen LogP contribution in [0.4, 0.5) is 4.79 Å². The van der Waals surface area contributed by atoms with Crippen molar-refractivity contribution in [3.8, 4) is 11.3 Å². The predicted octanol–water partition coefficient (Wildman–Crippen LogP) is 3.79. The van der Waals surface area contributed by atoms with E-state index in [0.717, 1.165) is 5.56 Å². The number of carbonyl (C=O) groups excluding carboxylic acids is 2. The Morgan fingerprint density at radius 2 is 1.75 bits per heavy atom. The average Bonchev–Trinajstić information content (AvgIpc) is 2.61. The number of carbonyl (C=O) groups is 2. The van der Waals surface area contributed by atoms with Gasteiger partial charge in [-0.25, -0.2) is 9.78 Å². The van der Waals surface area contributed by atoms with Crippen LogP contribution in [0.25, 0.3) is 22.2 Å². The van der Waals surface area contributed by atoms with Gasteiger partial charge in [-0.15, -0.1) is 0 Å². The van der Waals surface area contributed by atoms with E-state index in [1.165, 1.54) is 0 Å². The minimum atomic E-state index is -0.760. The highest BCUT2D eigenvalue weighted by atomic mass is 16.5. The van der Waals surface area contributed by atoms with E-state index in [1.807, 2.05) is 48.5 Å². The zero-order chi connectivity index (χ0) is 16.9. The van der Waals surface area contributed by atoms with Crippen LogP contribution in [-0.4, -0.2) is 23.6 Å². The summed E-state index contributed by atoms with van der Waals surface area (Å²) in [6.07, 6.45) is -0.760. The first-order valence-electron chi connectivity index (χ1n) is 7.62. The van der Waals surface area contributed by atoms with Crippen molar-refractivity contribution in [3.63, 3.8) is 0 Å². The summed E-state index contributed by atoms with van der Waals surface area (Å²) in [5.41, 5.74) is 2.64. The maximum absolute atomic E-state index is 12.5. The molecule has 0 saturated heterocycles. The second-order valence-corrected chi connectivity index (χ2v) is 5.11. The molecule has 0 bridgehead atoms. The SMILES string of the molecule is CCOC(=O)NC(=O)c1cc(-c2ccccc2)nc2ccccc12. The molecule has 0 radical (unpaired) electrons. The molecule has 3 aromatic rings. The summed E-state index contributed by atoms with van der Waals surface area (Å²) >= 11 is 0. The number of hydrogen-bond donors (Lipinski definition) is 1. The third kappa shape index (κ3) is 3.25. The van der Waals surface area contributed by atoms with E-state index in [4.69, 9.17) is 4.74 Å². The van der Waals surface area contributed by atoms with E-state index >= 15 is 0 Å². The molecular weight excluding hydrogens is 304 g/mol. The zero-order valence-corrected chi connectivity index (χ0v) is 13.2. The molecule has 1 N–H and O–H groups in total. The molecule has 0 atom stereocenters. The molecular formula is C19H16N2O3. The smallest absolute Gasteiger partial charge is 0.414 e. The monoisotopic (exact) mass is 320 g/mol. The zero-order valence-electron chi connectivity index (χ0n) is 13.2. The van der Waals surface area contributed by atoms with Crippen LogP contribution in [-0.2, 0) is 4.74 Å². The molecule has 1 heterocycles. The molecule has 0 saturated carbocycles. The van der Waals surface area contributed by atoms with Crippen molar-refractivity contribution < 1.29 is 14.3 Å². The van der Waals surface area contributed by atoms with Gasteiger partial charge in [0.25, 0.3) is 5.91 Å². The predicted molar refractivity (Wildman–Crippen MR) is 91.7 cm³/mol. The average molecular weight is 320 g/mol. The molecule has 5 heteroatoms. The number of ether oxygens (including phenoxy) is 1. The van der Waals surface area contributed by atoms with Gasteiger partial charge in [-0.1, -0.05) is 48.5 Å². The van der Waals surface area contributed by atoms with E-state index < -0.39 is 12.0 Å². The van der Waals surface area contributed by atoms with Crippen molar-refractivity contribution >= 4 is 22.9 Å². The Bertz CT molecular complexity index is 892. The number of nitrogens with one attached hydrogen (secondary N) is 1. The van der Waals surface area contributed by atoms with Crippen molar-refractivity contribution in [2.75, 3.05) is 6.61 Å². The topological polar surface area (TPSA) is 68.3 Å². The number of benzene rings is 2. The molecule has 120 valence electrons. The molecule has 1 aromatic heterocycles. The van der Waals surface area contributed by atoms with Gasteiger partial charge in [0.2, 0.25) is 0 Å². The summed E-state index contributed by atoms with van der Waals surface area (Å²) in [6.45, 7) is 1.88. The van der Waals surface area contributed by atoms with Crippen molar-refractivity contribution in [2.24, 2.45) is 0 Å². The van der Waals surface area contributed by atoms with Gasteiger partial charge in [0, 0.05) is 10.9 Å². The van der Waals surface area contributed by atoms with Crippen LogP contribution in [0.15, 0.2) is 60.7 Å². The Morgan fingerprint density at radius 3 is 2.50 bits per heavy atom. The summed E-state index contributed by atoms with van der Waals surface area (Å²) in [7, 11) is 0. The van der Waals surface area contributed by atoms with Crippen LogP contribution in [0.1, 0.15) is 17.3 Å². The lowest BCUT2D eigenvalue weighted by atomic mass is 10.0. The minimum absolute atomic E-state index is 0.200. The molecule has 0 fully saturated rings. The molecule has 0 unspecified atom stereocenters. The van der Waals surface area contributed by atoms with Gasteiger partial charge in [0.15, 0.2) is 0 Å². The summed E-state index contributed by atoms with van der Waals surface area (Å²) in [5, 5.41) is 2.92. The Balaban J connectivity index is 2.08. The lowest BCUT2D eigenvalue weighted by molar-refractivity contribution is 0.0926. The highest BCUT2D eigenvalue weighted by molar-refractivity contribution is 6.11. The van der Waals surface area contributed by atoms with Crippen LogP contribution < -0.4 is 5.32 Å². The quantitative estimate of drug-likeness (QED) is 0.797. The van der Waals surface area contributed by atoms with Crippen LogP contribution in [0.2, 0.25) is 0 Å². The van der Waals surface area contributed by atoms with Gasteiger partial charge in [0.1, 0.15) is 0 Å². The molecule has 0 aliphatic rings. The number of fused-ring (bicyclic) bond motifs is 1. The van der Waals surface area contributed by atoms with Gasteiger partial charge in [-0.05, 0) is 19.1 Å². The standard InChI is InChI=1S/C19H16N2O3/c1-2-24-19(23)21-18(22)15-12-17(13-8-4-3-5-9-13)20-16-11-7-6-10-14(15)16/h3-12H,2H2,1H3,(H,21,22,23). The maximum Gasteiger partial charge on any atom is 0.414 e. The second kappa shape index (κ2) is 6.91. The van der Waals surface area contributed by atoms with Crippen molar-refractivity contribution in [1.82, 2.24) is 10.3 Å². The van der Waals surface area contributed by atoms with Gasteiger partial charge in [0.05, 0.1) is 23.4 Å². The number of pyridine rings is 1. The Morgan fingerprint density at radius 1 is 1.04 bits per heavy atom. The molecule has 0 aliphatic carbocycles. The highest BCUT2D eigenvalue weighted by Gasteiger charge is 2.16. The molecule has 0 aliphatic heterocycles. The fraction of sp³-hybridized carbons (Fsp3) is 0.105. The molecule has 0 spiro atoms. The van der Waals surface area contributed by atoms with E-state index in [2.05, 4.69) is 10.3 Å². The van der Waals surface area contributed by atoms with Gasteiger partial charge in [-0.3, -0.25) is 10.1 Å². The maximum atomic E-state index is 12.5. The van der Waals surface area contributed by atoms with E-state index in [9.17, 15) is 9.59 Å². The van der Waals surface area contributed by atoms with Crippen molar-refractivity contribution in [3.05, 3.63) is 66.2 Å². The largest absolute Gasteiger partial charge is 0.450 e. The van der Waals surface area contributed by atoms with Gasteiger partial charge < -0.3 is 4.74 Å². The first-order valence-corrected chi connectivity index (χ1v) is 7.62. The number of alkyl carbamates (subject to hydrolysis) is 1. The number of hydrogen-bond acceptors (Lipinski definition) is 4. The second-order valence-electron chi connectivity index (χ2n) is 5.11. The third-order valence-electron chi connectivity index (χ3n) is 3.52. The third-order valence-corrected chi connectivity index (χ3v) is 3.52. The Labute approximate surface area is 139 Å².